The van der Waals surface area contributed by atoms with Gasteiger partial charge in [0.15, 0.2) is 0 Å². The normalized spacial score (nSPS) is 13.9. The summed E-state index contributed by atoms with van der Waals surface area (Å²) in [5.41, 5.74) is -0.340. The fourth-order valence-corrected chi connectivity index (χ4v) is 1.85. The Bertz CT molecular complexity index is 266. The quantitative estimate of drug-likeness (QED) is 0.648. The fourth-order valence-electron chi connectivity index (χ4n) is 1.85. The molecular weight excluding hydrogens is 199 g/mol. The van der Waals surface area contributed by atoms with Crippen molar-refractivity contribution in [3.8, 4) is 0 Å². The van der Waals surface area contributed by atoms with Gasteiger partial charge in [-0.25, -0.2) is 4.39 Å². The van der Waals surface area contributed by atoms with Crippen molar-refractivity contribution >= 4 is 0 Å². The van der Waals surface area contributed by atoms with Gasteiger partial charge >= 0.3 is 0 Å². The maximum Gasteiger partial charge on any atom is 0.138 e. The van der Waals surface area contributed by atoms with Gasteiger partial charge in [0.2, 0.25) is 0 Å². The highest BCUT2D eigenvalue weighted by molar-refractivity contribution is 5.23. The Morgan fingerprint density at radius 1 is 1.12 bits per heavy atom. The minimum atomic E-state index is -1.16. The summed E-state index contributed by atoms with van der Waals surface area (Å²) in [6.07, 6.45) is 1.48. The Labute approximate surface area is 99.9 Å². The molecule has 1 rings (SSSR count). The Balaban J connectivity index is 0.00000106. The zero-order valence-corrected chi connectivity index (χ0v) is 11.3. The summed E-state index contributed by atoms with van der Waals surface area (Å²) < 4.78 is 14.6. The molecule has 0 amide bonds. The van der Waals surface area contributed by atoms with Crippen LogP contribution in [0, 0.1) is 5.92 Å². The molecule has 0 fully saturated rings. The summed E-state index contributed by atoms with van der Waals surface area (Å²) in [7, 11) is 0. The predicted octanol–water partition coefficient (Wildman–Crippen LogP) is 5.33. The van der Waals surface area contributed by atoms with Crippen LogP contribution in [-0.4, -0.2) is 0 Å². The molecule has 1 heteroatoms. The van der Waals surface area contributed by atoms with E-state index in [-0.39, 0.29) is 5.92 Å². The molecule has 0 aromatic heterocycles. The zero-order chi connectivity index (χ0) is 12.6. The second-order valence-corrected chi connectivity index (χ2v) is 4.13. The van der Waals surface area contributed by atoms with Crippen molar-refractivity contribution in [3.63, 3.8) is 0 Å². The molecule has 0 nitrogen and oxygen atoms in total. The average Bonchev–Trinajstić information content (AvgIpc) is 2.33. The molecule has 1 unspecified atom stereocenters. The molecule has 1 aromatic rings. The molecule has 0 heterocycles. The molecule has 0 aliphatic carbocycles. The van der Waals surface area contributed by atoms with Crippen LogP contribution in [0.5, 0.6) is 0 Å². The van der Waals surface area contributed by atoms with E-state index in [0.717, 1.165) is 12.0 Å². The maximum atomic E-state index is 14.6. The third-order valence-corrected chi connectivity index (χ3v) is 2.78. The number of benzene rings is 1. The lowest BCUT2D eigenvalue weighted by atomic mass is 9.82. The van der Waals surface area contributed by atoms with Gasteiger partial charge < -0.3 is 0 Å². The fraction of sp³-hybridized carbons (Fsp3) is 0.600. The van der Waals surface area contributed by atoms with Crippen LogP contribution in [0.25, 0.3) is 0 Å². The largest absolute Gasteiger partial charge is 0.238 e. The van der Waals surface area contributed by atoms with Crippen molar-refractivity contribution < 1.29 is 4.39 Å². The van der Waals surface area contributed by atoms with Crippen molar-refractivity contribution in [1.29, 1.82) is 0 Å². The third-order valence-electron chi connectivity index (χ3n) is 2.78. The Morgan fingerprint density at radius 2 is 1.62 bits per heavy atom. The van der Waals surface area contributed by atoms with Gasteiger partial charge in [-0.3, -0.25) is 0 Å². The Kier molecular flexibility index (Phi) is 7.03. The van der Waals surface area contributed by atoms with Crippen LogP contribution in [-0.2, 0) is 5.67 Å². The van der Waals surface area contributed by atoms with Crippen molar-refractivity contribution in [2.24, 2.45) is 5.92 Å². The van der Waals surface area contributed by atoms with Crippen LogP contribution in [0.15, 0.2) is 30.3 Å². The SMILES string of the molecule is CC.CCCC(F)(c1ccccc1)C(C)C. The number of halogens is 1. The molecule has 0 N–H and O–H groups in total. The molecule has 0 saturated carbocycles. The van der Waals surface area contributed by atoms with Crippen molar-refractivity contribution in [1.82, 2.24) is 0 Å². The number of hydrogen-bond donors (Lipinski definition) is 0. The number of rotatable bonds is 4. The second kappa shape index (κ2) is 7.43. The van der Waals surface area contributed by atoms with Crippen LogP contribution in [0.4, 0.5) is 4.39 Å². The number of alkyl halides is 1. The Morgan fingerprint density at radius 3 is 2.00 bits per heavy atom. The van der Waals surface area contributed by atoms with Gasteiger partial charge in [0.1, 0.15) is 5.67 Å². The van der Waals surface area contributed by atoms with E-state index in [1.807, 2.05) is 65.0 Å². The van der Waals surface area contributed by atoms with Crippen LogP contribution in [0.1, 0.15) is 53.0 Å². The smallest absolute Gasteiger partial charge is 0.138 e. The highest BCUT2D eigenvalue weighted by atomic mass is 19.1. The molecular formula is C15H25F. The molecule has 0 saturated heterocycles. The van der Waals surface area contributed by atoms with Gasteiger partial charge in [-0.05, 0) is 17.9 Å². The third kappa shape index (κ3) is 3.62. The topological polar surface area (TPSA) is 0 Å². The highest BCUT2D eigenvalue weighted by Crippen LogP contribution is 2.38. The first-order chi connectivity index (χ1) is 7.61. The molecule has 1 aromatic carbocycles. The summed E-state index contributed by atoms with van der Waals surface area (Å²) in [4.78, 5) is 0. The van der Waals surface area contributed by atoms with Gasteiger partial charge in [0, 0.05) is 0 Å². The maximum absolute atomic E-state index is 14.6. The first-order valence-electron chi connectivity index (χ1n) is 6.35. The molecule has 1 atom stereocenters. The monoisotopic (exact) mass is 224 g/mol. The molecule has 0 spiro atoms. The second-order valence-electron chi connectivity index (χ2n) is 4.13. The summed E-state index contributed by atoms with van der Waals surface area (Å²) >= 11 is 0. The van der Waals surface area contributed by atoms with E-state index in [4.69, 9.17) is 0 Å². The van der Waals surface area contributed by atoms with Crippen molar-refractivity contribution in [3.05, 3.63) is 35.9 Å². The standard InChI is InChI=1S/C13H19F.C2H6/c1-4-10-13(14,11(2)3)12-8-6-5-7-9-12;1-2/h5-9,11H,4,10H2,1-3H3;1-2H3. The van der Waals surface area contributed by atoms with Crippen LogP contribution >= 0.6 is 0 Å². The van der Waals surface area contributed by atoms with Crippen molar-refractivity contribution in [2.45, 2.75) is 53.1 Å². The van der Waals surface area contributed by atoms with Crippen molar-refractivity contribution in [2.75, 3.05) is 0 Å². The first kappa shape index (κ1) is 15.2. The van der Waals surface area contributed by atoms with Gasteiger partial charge in [0.05, 0.1) is 0 Å². The molecule has 0 aliphatic rings. The van der Waals surface area contributed by atoms with Gasteiger partial charge in [0.25, 0.3) is 0 Å². The average molecular weight is 224 g/mol. The van der Waals surface area contributed by atoms with E-state index < -0.39 is 5.67 Å². The minimum Gasteiger partial charge on any atom is -0.238 e. The van der Waals surface area contributed by atoms with E-state index in [0.29, 0.717) is 6.42 Å². The molecule has 0 bridgehead atoms. The first-order valence-corrected chi connectivity index (χ1v) is 6.35. The van der Waals surface area contributed by atoms with Gasteiger partial charge in [-0.1, -0.05) is 71.4 Å². The number of hydrogen-bond acceptors (Lipinski definition) is 0. The van der Waals surface area contributed by atoms with E-state index in [9.17, 15) is 4.39 Å². The van der Waals surface area contributed by atoms with E-state index in [1.54, 1.807) is 0 Å². The summed E-state index contributed by atoms with van der Waals surface area (Å²) in [5, 5.41) is 0. The van der Waals surface area contributed by atoms with Gasteiger partial charge in [-0.15, -0.1) is 0 Å². The molecule has 0 aliphatic heterocycles. The highest BCUT2D eigenvalue weighted by Gasteiger charge is 2.34. The van der Waals surface area contributed by atoms with E-state index >= 15 is 0 Å². The Hall–Kier alpha value is -0.850. The molecule has 0 radical (unpaired) electrons. The van der Waals surface area contributed by atoms with Crippen LogP contribution < -0.4 is 0 Å². The summed E-state index contributed by atoms with van der Waals surface area (Å²) in [6, 6.07) is 9.50. The van der Waals surface area contributed by atoms with Crippen LogP contribution in [0.2, 0.25) is 0 Å². The van der Waals surface area contributed by atoms with Gasteiger partial charge in [-0.2, -0.15) is 0 Å². The lowest BCUT2D eigenvalue weighted by Gasteiger charge is -2.29. The lowest BCUT2D eigenvalue weighted by Crippen LogP contribution is -2.26. The van der Waals surface area contributed by atoms with E-state index in [2.05, 4.69) is 0 Å². The molecule has 16 heavy (non-hydrogen) atoms. The minimum absolute atomic E-state index is 0.0323. The zero-order valence-electron chi connectivity index (χ0n) is 11.3. The van der Waals surface area contributed by atoms with E-state index in [1.165, 1.54) is 0 Å². The predicted molar refractivity (Wildman–Crippen MR) is 70.3 cm³/mol. The summed E-state index contributed by atoms with van der Waals surface area (Å²) in [6.45, 7) is 9.92. The van der Waals surface area contributed by atoms with Crippen LogP contribution in [0.3, 0.4) is 0 Å². The molecule has 92 valence electrons. The summed E-state index contributed by atoms with van der Waals surface area (Å²) in [5.74, 6) is 0.0323. The lowest BCUT2D eigenvalue weighted by molar-refractivity contribution is 0.0861.